The van der Waals surface area contributed by atoms with Crippen molar-refractivity contribution in [3.05, 3.63) is 28.9 Å². The molecule has 0 atom stereocenters. The Kier molecular flexibility index (Phi) is 3.46. The Bertz CT molecular complexity index is 632. The minimum Gasteiger partial charge on any atom is -0.437 e. The number of halogens is 2. The average molecular weight is 297 g/mol. The van der Waals surface area contributed by atoms with Crippen LogP contribution in [0.4, 0.5) is 4.39 Å². The summed E-state index contributed by atoms with van der Waals surface area (Å²) < 4.78 is 19.1. The van der Waals surface area contributed by atoms with Gasteiger partial charge in [0.1, 0.15) is 11.3 Å². The number of nitrogens with zero attached hydrogens (tertiary/aromatic N) is 1. The Balaban J connectivity index is 1.96. The first-order valence-corrected chi connectivity index (χ1v) is 7.44. The molecule has 0 aliphatic heterocycles. The van der Waals surface area contributed by atoms with Crippen LogP contribution in [0.25, 0.3) is 11.1 Å². The molecule has 0 saturated heterocycles. The number of fused-ring (bicyclic) bond motifs is 1. The predicted octanol–water partition coefficient (Wildman–Crippen LogP) is 4.37. The van der Waals surface area contributed by atoms with Gasteiger partial charge in [0.05, 0.1) is 10.6 Å². The summed E-state index contributed by atoms with van der Waals surface area (Å²) in [5.74, 6) is 0.801. The fourth-order valence-electron chi connectivity index (χ4n) is 2.99. The van der Waals surface area contributed by atoms with E-state index in [9.17, 15) is 4.39 Å². The van der Waals surface area contributed by atoms with Crippen LogP contribution in [-0.2, 0) is 5.54 Å². The molecule has 2 aromatic rings. The number of aromatic nitrogens is 1. The molecule has 20 heavy (non-hydrogen) atoms. The van der Waals surface area contributed by atoms with Crippen LogP contribution in [-0.4, -0.2) is 4.98 Å². The molecule has 0 amide bonds. The lowest BCUT2D eigenvalue weighted by Gasteiger charge is -2.34. The number of hydrogen-bond donors (Lipinski definition) is 1. The van der Waals surface area contributed by atoms with Crippen molar-refractivity contribution in [3.63, 3.8) is 0 Å². The van der Waals surface area contributed by atoms with Crippen LogP contribution in [0.5, 0.6) is 0 Å². The second kappa shape index (κ2) is 5.01. The molecule has 0 bridgehead atoms. The summed E-state index contributed by atoms with van der Waals surface area (Å²) in [4.78, 5) is 4.36. The normalized spacial score (nSPS) is 27.1. The van der Waals surface area contributed by atoms with E-state index >= 15 is 0 Å². The van der Waals surface area contributed by atoms with Crippen LogP contribution in [0.15, 0.2) is 16.5 Å². The number of rotatable bonds is 2. The van der Waals surface area contributed by atoms with E-state index in [1.807, 2.05) is 0 Å². The lowest BCUT2D eigenvalue weighted by Crippen LogP contribution is -2.40. The van der Waals surface area contributed by atoms with Crippen molar-refractivity contribution in [2.24, 2.45) is 11.7 Å². The van der Waals surface area contributed by atoms with Gasteiger partial charge in [-0.05, 0) is 37.7 Å². The van der Waals surface area contributed by atoms with Crippen molar-refractivity contribution < 1.29 is 8.81 Å². The Morgan fingerprint density at radius 3 is 2.80 bits per heavy atom. The molecule has 1 aromatic carbocycles. The Labute approximate surface area is 122 Å². The topological polar surface area (TPSA) is 52.0 Å². The van der Waals surface area contributed by atoms with Crippen LogP contribution in [0, 0.1) is 11.7 Å². The van der Waals surface area contributed by atoms with Crippen molar-refractivity contribution in [1.29, 1.82) is 0 Å². The maximum absolute atomic E-state index is 13.3. The molecule has 3 rings (SSSR count). The number of oxazole rings is 1. The molecule has 0 radical (unpaired) electrons. The second-order valence-electron chi connectivity index (χ2n) is 5.76. The van der Waals surface area contributed by atoms with Gasteiger partial charge in [0.2, 0.25) is 5.89 Å². The van der Waals surface area contributed by atoms with E-state index in [0.29, 0.717) is 17.0 Å². The summed E-state index contributed by atoms with van der Waals surface area (Å²) >= 11 is 5.99. The Morgan fingerprint density at radius 2 is 2.15 bits per heavy atom. The van der Waals surface area contributed by atoms with Crippen LogP contribution < -0.4 is 5.73 Å². The molecular formula is C15H18ClFN2O. The fourth-order valence-corrected chi connectivity index (χ4v) is 3.23. The molecule has 1 aromatic heterocycles. The summed E-state index contributed by atoms with van der Waals surface area (Å²) in [5.41, 5.74) is 6.76. The molecule has 1 fully saturated rings. The third-order valence-electron chi connectivity index (χ3n) is 4.41. The minimum atomic E-state index is -0.551. The van der Waals surface area contributed by atoms with Crippen molar-refractivity contribution in [2.45, 2.75) is 44.6 Å². The first-order valence-electron chi connectivity index (χ1n) is 7.07. The molecule has 1 heterocycles. The molecule has 2 N–H and O–H groups in total. The second-order valence-corrected chi connectivity index (χ2v) is 6.17. The highest BCUT2D eigenvalue weighted by Gasteiger charge is 2.37. The third kappa shape index (κ3) is 2.31. The largest absolute Gasteiger partial charge is 0.437 e. The van der Waals surface area contributed by atoms with Gasteiger partial charge in [0, 0.05) is 6.07 Å². The molecule has 3 nitrogen and oxygen atoms in total. The first-order chi connectivity index (χ1) is 9.51. The molecule has 108 valence electrons. The van der Waals surface area contributed by atoms with Gasteiger partial charge in [-0.2, -0.15) is 0 Å². The molecule has 0 unspecified atom stereocenters. The van der Waals surface area contributed by atoms with Gasteiger partial charge in [-0.15, -0.1) is 0 Å². The van der Waals surface area contributed by atoms with E-state index in [1.54, 1.807) is 0 Å². The van der Waals surface area contributed by atoms with Crippen molar-refractivity contribution >= 4 is 22.7 Å². The predicted molar refractivity (Wildman–Crippen MR) is 77.1 cm³/mol. The maximum Gasteiger partial charge on any atom is 0.215 e. The zero-order valence-corrected chi connectivity index (χ0v) is 12.2. The van der Waals surface area contributed by atoms with Crippen molar-refractivity contribution in [1.82, 2.24) is 4.98 Å². The van der Waals surface area contributed by atoms with E-state index < -0.39 is 11.4 Å². The lowest BCUT2D eigenvalue weighted by atomic mass is 9.76. The average Bonchev–Trinajstić information content (AvgIpc) is 2.84. The third-order valence-corrected chi connectivity index (χ3v) is 4.69. The first kappa shape index (κ1) is 13.8. The lowest BCUT2D eigenvalue weighted by molar-refractivity contribution is 0.198. The summed E-state index contributed by atoms with van der Waals surface area (Å²) in [6, 6.07) is 2.56. The number of hydrogen-bond acceptors (Lipinski definition) is 3. The van der Waals surface area contributed by atoms with Gasteiger partial charge in [-0.25, -0.2) is 9.37 Å². The van der Waals surface area contributed by atoms with E-state index in [-0.39, 0.29) is 5.02 Å². The molecule has 1 aliphatic rings. The summed E-state index contributed by atoms with van der Waals surface area (Å²) in [6.45, 7) is 2.20. The molecule has 1 saturated carbocycles. The summed E-state index contributed by atoms with van der Waals surface area (Å²) in [5, 5.41) is 0.240. The van der Waals surface area contributed by atoms with Gasteiger partial charge >= 0.3 is 0 Å². The number of benzene rings is 1. The highest BCUT2D eigenvalue weighted by atomic mass is 35.5. The van der Waals surface area contributed by atoms with Crippen LogP contribution >= 0.6 is 11.6 Å². The quantitative estimate of drug-likeness (QED) is 0.895. The van der Waals surface area contributed by atoms with Crippen LogP contribution in [0.2, 0.25) is 5.02 Å². The van der Waals surface area contributed by atoms with Crippen LogP contribution in [0.3, 0.4) is 0 Å². The van der Waals surface area contributed by atoms with E-state index in [4.69, 9.17) is 21.8 Å². The molecule has 0 spiro atoms. The number of nitrogens with two attached hydrogens (primary N) is 1. The van der Waals surface area contributed by atoms with Gasteiger partial charge in [0.15, 0.2) is 5.58 Å². The van der Waals surface area contributed by atoms with Crippen molar-refractivity contribution in [3.8, 4) is 0 Å². The maximum atomic E-state index is 13.3. The smallest absolute Gasteiger partial charge is 0.215 e. The molecule has 5 heteroatoms. The van der Waals surface area contributed by atoms with E-state index in [2.05, 4.69) is 11.9 Å². The molecular weight excluding hydrogens is 279 g/mol. The zero-order valence-electron chi connectivity index (χ0n) is 11.5. The summed E-state index contributed by atoms with van der Waals surface area (Å²) in [7, 11) is 0. The van der Waals surface area contributed by atoms with E-state index in [1.165, 1.54) is 18.6 Å². The van der Waals surface area contributed by atoms with Gasteiger partial charge < -0.3 is 10.2 Å². The standard InChI is InChI=1S/C15H18ClFN2O/c1-2-9-3-5-15(18,6-4-9)14-19-12-8-10(17)7-11(16)13(12)20-14/h7-9H,2-6,18H2,1H3. The SMILES string of the molecule is CCC1CCC(N)(c2nc3cc(F)cc(Cl)c3o2)CC1. The van der Waals surface area contributed by atoms with Gasteiger partial charge in [-0.1, -0.05) is 24.9 Å². The fraction of sp³-hybridized carbons (Fsp3) is 0.533. The molecule has 1 aliphatic carbocycles. The zero-order chi connectivity index (χ0) is 14.3. The Morgan fingerprint density at radius 1 is 1.45 bits per heavy atom. The van der Waals surface area contributed by atoms with Gasteiger partial charge in [0.25, 0.3) is 0 Å². The summed E-state index contributed by atoms with van der Waals surface area (Å²) in [6.07, 6.45) is 5.03. The van der Waals surface area contributed by atoms with E-state index in [0.717, 1.165) is 31.6 Å². The minimum absolute atomic E-state index is 0.240. The highest BCUT2D eigenvalue weighted by molar-refractivity contribution is 6.34. The Hall–Kier alpha value is -1.13. The van der Waals surface area contributed by atoms with Crippen molar-refractivity contribution in [2.75, 3.05) is 0 Å². The highest BCUT2D eigenvalue weighted by Crippen LogP contribution is 2.40. The monoisotopic (exact) mass is 296 g/mol. The van der Waals surface area contributed by atoms with Gasteiger partial charge in [-0.3, -0.25) is 0 Å². The van der Waals surface area contributed by atoms with Crippen LogP contribution in [0.1, 0.15) is 44.9 Å².